The highest BCUT2D eigenvalue weighted by molar-refractivity contribution is 6.36. The van der Waals surface area contributed by atoms with Gasteiger partial charge in [-0.25, -0.2) is 4.98 Å². The highest BCUT2D eigenvalue weighted by Gasteiger charge is 2.19. The van der Waals surface area contributed by atoms with Gasteiger partial charge in [-0.15, -0.1) is 0 Å². The van der Waals surface area contributed by atoms with Gasteiger partial charge < -0.3 is 10.3 Å². The first-order chi connectivity index (χ1) is 9.95. The first-order valence-electron chi connectivity index (χ1n) is 7.27. The minimum absolute atomic E-state index is 0.309. The van der Waals surface area contributed by atoms with Crippen LogP contribution in [-0.4, -0.2) is 9.55 Å². The van der Waals surface area contributed by atoms with E-state index in [1.54, 1.807) is 6.07 Å². The van der Waals surface area contributed by atoms with E-state index in [2.05, 4.69) is 25.3 Å². The fourth-order valence-electron chi connectivity index (χ4n) is 2.36. The average Bonchev–Trinajstić information content (AvgIpc) is 2.74. The zero-order valence-electron chi connectivity index (χ0n) is 12.7. The van der Waals surface area contributed by atoms with Gasteiger partial charge in [0.25, 0.3) is 0 Å². The Labute approximate surface area is 136 Å². The van der Waals surface area contributed by atoms with E-state index in [-0.39, 0.29) is 0 Å². The number of unbranched alkanes of at least 4 members (excludes halogenated alkanes) is 1. The normalized spacial score (nSPS) is 11.3. The monoisotopic (exact) mass is 325 g/mol. The molecule has 0 unspecified atom stereocenters. The molecule has 0 aliphatic heterocycles. The quantitative estimate of drug-likeness (QED) is 0.803. The third kappa shape index (κ3) is 3.35. The Morgan fingerprint density at radius 3 is 2.57 bits per heavy atom. The van der Waals surface area contributed by atoms with Crippen LogP contribution in [0.2, 0.25) is 10.0 Å². The lowest BCUT2D eigenvalue weighted by molar-refractivity contribution is 0.588. The van der Waals surface area contributed by atoms with Crippen molar-refractivity contribution in [1.82, 2.24) is 9.55 Å². The van der Waals surface area contributed by atoms with Crippen LogP contribution in [0, 0.1) is 0 Å². The van der Waals surface area contributed by atoms with Crippen molar-refractivity contribution in [2.24, 2.45) is 0 Å². The number of rotatable bonds is 5. The minimum atomic E-state index is 0.309. The summed E-state index contributed by atoms with van der Waals surface area (Å²) in [6, 6.07) is 5.40. The number of nitrogens with zero attached hydrogens (tertiary/aromatic N) is 2. The van der Waals surface area contributed by atoms with Crippen molar-refractivity contribution in [3.05, 3.63) is 34.1 Å². The molecule has 0 aliphatic carbocycles. The number of imidazole rings is 1. The summed E-state index contributed by atoms with van der Waals surface area (Å²) in [5.74, 6) is 1.99. The number of hydrogen-bond acceptors (Lipinski definition) is 2. The van der Waals surface area contributed by atoms with Crippen LogP contribution < -0.4 is 5.73 Å². The SMILES string of the molecule is CCCCn1c(C(C)C)nc(-c2ccc(Cl)cc2Cl)c1N. The predicted octanol–water partition coefficient (Wildman–Crippen LogP) is 5.36. The number of anilines is 1. The molecule has 0 fully saturated rings. The lowest BCUT2D eigenvalue weighted by Gasteiger charge is -2.11. The van der Waals surface area contributed by atoms with Gasteiger partial charge >= 0.3 is 0 Å². The summed E-state index contributed by atoms with van der Waals surface area (Å²) in [4.78, 5) is 4.73. The Bertz CT molecular complexity index is 633. The molecule has 1 aromatic carbocycles. The lowest BCUT2D eigenvalue weighted by atomic mass is 10.1. The van der Waals surface area contributed by atoms with E-state index in [9.17, 15) is 0 Å². The van der Waals surface area contributed by atoms with E-state index >= 15 is 0 Å². The van der Waals surface area contributed by atoms with Gasteiger partial charge in [-0.1, -0.05) is 50.4 Å². The van der Waals surface area contributed by atoms with Crippen LogP contribution in [0.4, 0.5) is 5.82 Å². The molecular weight excluding hydrogens is 305 g/mol. The van der Waals surface area contributed by atoms with E-state index in [4.69, 9.17) is 33.9 Å². The van der Waals surface area contributed by atoms with E-state index in [0.29, 0.717) is 21.8 Å². The van der Waals surface area contributed by atoms with Crippen LogP contribution in [0.3, 0.4) is 0 Å². The van der Waals surface area contributed by atoms with E-state index < -0.39 is 0 Å². The maximum absolute atomic E-state index is 6.33. The molecule has 21 heavy (non-hydrogen) atoms. The standard InChI is InChI=1S/C16H21Cl2N3/c1-4-5-8-21-15(19)14(20-16(21)10(2)3)12-7-6-11(17)9-13(12)18/h6-7,9-10H,4-5,8,19H2,1-3H3. The third-order valence-corrected chi connectivity index (χ3v) is 4.02. The predicted molar refractivity (Wildman–Crippen MR) is 91.1 cm³/mol. The van der Waals surface area contributed by atoms with Crippen molar-refractivity contribution in [1.29, 1.82) is 0 Å². The van der Waals surface area contributed by atoms with Gasteiger partial charge in [0.1, 0.15) is 17.3 Å². The summed E-state index contributed by atoms with van der Waals surface area (Å²) in [6.07, 6.45) is 2.19. The first-order valence-corrected chi connectivity index (χ1v) is 8.02. The Kier molecular flexibility index (Phi) is 5.17. The summed E-state index contributed by atoms with van der Waals surface area (Å²) in [6.45, 7) is 7.29. The van der Waals surface area contributed by atoms with Crippen molar-refractivity contribution >= 4 is 29.0 Å². The van der Waals surface area contributed by atoms with Crippen LogP contribution in [0.5, 0.6) is 0 Å². The fourth-order valence-corrected chi connectivity index (χ4v) is 2.85. The van der Waals surface area contributed by atoms with Crippen LogP contribution in [-0.2, 0) is 6.54 Å². The molecule has 0 saturated carbocycles. The van der Waals surface area contributed by atoms with Gasteiger partial charge in [0, 0.05) is 23.0 Å². The van der Waals surface area contributed by atoms with E-state index in [1.165, 1.54) is 0 Å². The molecule has 2 rings (SSSR count). The zero-order valence-corrected chi connectivity index (χ0v) is 14.2. The smallest absolute Gasteiger partial charge is 0.131 e. The van der Waals surface area contributed by atoms with Crippen LogP contribution >= 0.6 is 23.2 Å². The number of halogens is 2. The number of benzene rings is 1. The summed E-state index contributed by atoms with van der Waals surface area (Å²) in [5.41, 5.74) is 7.91. The Morgan fingerprint density at radius 1 is 1.29 bits per heavy atom. The van der Waals surface area contributed by atoms with Crippen LogP contribution in [0.15, 0.2) is 18.2 Å². The second-order valence-electron chi connectivity index (χ2n) is 5.49. The van der Waals surface area contributed by atoms with E-state index in [0.717, 1.165) is 36.5 Å². The number of aromatic nitrogens is 2. The highest BCUT2D eigenvalue weighted by Crippen LogP contribution is 2.35. The molecule has 1 heterocycles. The molecule has 0 bridgehead atoms. The van der Waals surface area contributed by atoms with Gasteiger partial charge in [-0.05, 0) is 24.6 Å². The molecule has 114 valence electrons. The van der Waals surface area contributed by atoms with Gasteiger partial charge in [-0.3, -0.25) is 0 Å². The average molecular weight is 326 g/mol. The van der Waals surface area contributed by atoms with Crippen molar-refractivity contribution in [3.63, 3.8) is 0 Å². The first kappa shape index (κ1) is 16.2. The number of nitrogens with two attached hydrogens (primary N) is 1. The number of nitrogen functional groups attached to an aromatic ring is 1. The summed E-state index contributed by atoms with van der Waals surface area (Å²) < 4.78 is 2.11. The molecule has 0 amide bonds. The molecule has 3 nitrogen and oxygen atoms in total. The fraction of sp³-hybridized carbons (Fsp3) is 0.438. The second kappa shape index (κ2) is 6.71. The molecule has 1 aromatic heterocycles. The Morgan fingerprint density at radius 2 is 2.00 bits per heavy atom. The molecule has 0 spiro atoms. The van der Waals surface area contributed by atoms with Crippen LogP contribution in [0.25, 0.3) is 11.3 Å². The molecule has 5 heteroatoms. The Balaban J connectivity index is 2.54. The largest absolute Gasteiger partial charge is 0.383 e. The molecule has 0 saturated heterocycles. The maximum Gasteiger partial charge on any atom is 0.131 e. The zero-order chi connectivity index (χ0) is 15.6. The summed E-state index contributed by atoms with van der Waals surface area (Å²) in [5, 5.41) is 1.18. The summed E-state index contributed by atoms with van der Waals surface area (Å²) >= 11 is 12.3. The molecule has 0 aliphatic rings. The van der Waals surface area contributed by atoms with Gasteiger partial charge in [0.05, 0.1) is 5.02 Å². The van der Waals surface area contributed by atoms with Crippen LogP contribution in [0.1, 0.15) is 45.4 Å². The molecule has 2 aromatic rings. The number of hydrogen-bond donors (Lipinski definition) is 1. The molecule has 2 N–H and O–H groups in total. The maximum atomic E-state index is 6.33. The third-order valence-electron chi connectivity index (χ3n) is 3.47. The highest BCUT2D eigenvalue weighted by atomic mass is 35.5. The lowest BCUT2D eigenvalue weighted by Crippen LogP contribution is -2.08. The molecular formula is C16H21Cl2N3. The van der Waals surface area contributed by atoms with E-state index in [1.807, 2.05) is 12.1 Å². The Hall–Kier alpha value is -1.19. The van der Waals surface area contributed by atoms with Gasteiger partial charge in [0.2, 0.25) is 0 Å². The molecule has 0 radical (unpaired) electrons. The second-order valence-corrected chi connectivity index (χ2v) is 6.33. The van der Waals surface area contributed by atoms with Crippen molar-refractivity contribution < 1.29 is 0 Å². The summed E-state index contributed by atoms with van der Waals surface area (Å²) in [7, 11) is 0. The molecule has 0 atom stereocenters. The van der Waals surface area contributed by atoms with Gasteiger partial charge in [-0.2, -0.15) is 0 Å². The minimum Gasteiger partial charge on any atom is -0.383 e. The van der Waals surface area contributed by atoms with Crippen molar-refractivity contribution in [2.75, 3.05) is 5.73 Å². The van der Waals surface area contributed by atoms with Gasteiger partial charge in [0.15, 0.2) is 0 Å². The van der Waals surface area contributed by atoms with Crippen molar-refractivity contribution in [3.8, 4) is 11.3 Å². The topological polar surface area (TPSA) is 43.8 Å². The van der Waals surface area contributed by atoms with Crippen molar-refractivity contribution in [2.45, 2.75) is 46.1 Å².